The van der Waals surface area contributed by atoms with E-state index in [1.165, 1.54) is 0 Å². The SMILES string of the molecule is O=C(O)Cc1nnnn1C(F)(F)F. The summed E-state index contributed by atoms with van der Waals surface area (Å²) in [4.78, 5) is 10.1. The number of hydrogen-bond acceptors (Lipinski definition) is 4. The monoisotopic (exact) mass is 196 g/mol. The highest BCUT2D eigenvalue weighted by Crippen LogP contribution is 2.21. The molecule has 1 aromatic heterocycles. The molecule has 1 N–H and O–H groups in total. The summed E-state index contributed by atoms with van der Waals surface area (Å²) < 4.78 is 35.4. The molecule has 6 nitrogen and oxygen atoms in total. The van der Waals surface area contributed by atoms with Gasteiger partial charge in [0.2, 0.25) is 0 Å². The molecule has 0 atom stereocenters. The van der Waals surface area contributed by atoms with E-state index in [4.69, 9.17) is 5.11 Å². The summed E-state index contributed by atoms with van der Waals surface area (Å²) >= 11 is 0. The molecule has 0 fully saturated rings. The van der Waals surface area contributed by atoms with Crippen molar-refractivity contribution in [3.05, 3.63) is 5.82 Å². The summed E-state index contributed by atoms with van der Waals surface area (Å²) in [5, 5.41) is 16.5. The highest BCUT2D eigenvalue weighted by Gasteiger charge is 2.35. The largest absolute Gasteiger partial charge is 0.507 e. The van der Waals surface area contributed by atoms with Crippen molar-refractivity contribution in [1.29, 1.82) is 0 Å². The molecule has 0 unspecified atom stereocenters. The van der Waals surface area contributed by atoms with Gasteiger partial charge in [-0.05, 0) is 10.4 Å². The van der Waals surface area contributed by atoms with Crippen LogP contribution in [0.4, 0.5) is 13.2 Å². The first-order valence-electron chi connectivity index (χ1n) is 2.97. The number of aliphatic carboxylic acids is 1. The van der Waals surface area contributed by atoms with Gasteiger partial charge in [0, 0.05) is 0 Å². The van der Waals surface area contributed by atoms with Crippen LogP contribution >= 0.6 is 0 Å². The second-order valence-corrected chi connectivity index (χ2v) is 2.05. The van der Waals surface area contributed by atoms with E-state index in [0.717, 1.165) is 0 Å². The molecule has 0 spiro atoms. The number of hydrogen-bond donors (Lipinski definition) is 1. The van der Waals surface area contributed by atoms with Crippen molar-refractivity contribution in [2.24, 2.45) is 0 Å². The Balaban J connectivity index is 2.96. The predicted octanol–water partition coefficient (Wildman–Crippen LogP) is -0.224. The molecule has 72 valence electrons. The molecule has 0 saturated heterocycles. The minimum absolute atomic E-state index is 0.485. The molecule has 13 heavy (non-hydrogen) atoms. The second-order valence-electron chi connectivity index (χ2n) is 2.05. The summed E-state index contributed by atoms with van der Waals surface area (Å²) in [5.41, 5.74) is 0. The smallest absolute Gasteiger partial charge is 0.481 e. The van der Waals surface area contributed by atoms with Gasteiger partial charge >= 0.3 is 12.3 Å². The van der Waals surface area contributed by atoms with Gasteiger partial charge in [0.1, 0.15) is 6.42 Å². The third kappa shape index (κ3) is 2.13. The fourth-order valence-corrected chi connectivity index (χ4v) is 0.648. The maximum atomic E-state index is 12.0. The lowest BCUT2D eigenvalue weighted by Gasteiger charge is -2.05. The number of rotatable bonds is 2. The highest BCUT2D eigenvalue weighted by atomic mass is 19.4. The van der Waals surface area contributed by atoms with Gasteiger partial charge in [-0.1, -0.05) is 0 Å². The standard InChI is InChI=1S/C4H3F3N4O2/c5-4(6,7)11-2(1-3(12)13)8-9-10-11/h1H2,(H,12,13). The summed E-state index contributed by atoms with van der Waals surface area (Å²) in [5.74, 6) is -2.18. The molecule has 0 amide bonds. The van der Waals surface area contributed by atoms with Crippen molar-refractivity contribution in [1.82, 2.24) is 20.2 Å². The predicted molar refractivity (Wildman–Crippen MR) is 30.5 cm³/mol. The Morgan fingerprint density at radius 2 is 2.15 bits per heavy atom. The normalized spacial score (nSPS) is 11.6. The Morgan fingerprint density at radius 1 is 1.54 bits per heavy atom. The number of nitrogens with zero attached hydrogens (tertiary/aromatic N) is 4. The number of alkyl halides is 3. The van der Waals surface area contributed by atoms with Crippen LogP contribution < -0.4 is 0 Å². The van der Waals surface area contributed by atoms with Gasteiger partial charge in [-0.15, -0.1) is 23.0 Å². The Bertz CT molecular complexity index is 319. The van der Waals surface area contributed by atoms with Crippen LogP contribution in [0, 0.1) is 0 Å². The van der Waals surface area contributed by atoms with Crippen LogP contribution in [0.15, 0.2) is 0 Å². The van der Waals surface area contributed by atoms with E-state index in [-0.39, 0.29) is 0 Å². The van der Waals surface area contributed by atoms with E-state index >= 15 is 0 Å². The molecule has 0 aliphatic rings. The molecule has 0 aliphatic carbocycles. The lowest BCUT2D eigenvalue weighted by Crippen LogP contribution is -2.22. The second kappa shape index (κ2) is 2.99. The van der Waals surface area contributed by atoms with Crippen LogP contribution in [0.3, 0.4) is 0 Å². The van der Waals surface area contributed by atoms with E-state index in [0.29, 0.717) is 0 Å². The number of halogens is 3. The lowest BCUT2D eigenvalue weighted by molar-refractivity contribution is -0.214. The zero-order valence-electron chi connectivity index (χ0n) is 5.99. The summed E-state index contributed by atoms with van der Waals surface area (Å²) in [6, 6.07) is 0. The van der Waals surface area contributed by atoms with Gasteiger partial charge < -0.3 is 5.11 Å². The van der Waals surface area contributed by atoms with E-state index in [1.54, 1.807) is 0 Å². The van der Waals surface area contributed by atoms with Crippen LogP contribution in [0.25, 0.3) is 0 Å². The highest BCUT2D eigenvalue weighted by molar-refractivity contribution is 5.68. The van der Waals surface area contributed by atoms with E-state index in [2.05, 4.69) is 15.5 Å². The number of carboxylic acid groups (broad SMARTS) is 1. The number of carboxylic acids is 1. The van der Waals surface area contributed by atoms with Gasteiger partial charge in [-0.25, -0.2) is 0 Å². The minimum Gasteiger partial charge on any atom is -0.481 e. The van der Waals surface area contributed by atoms with E-state index in [9.17, 15) is 18.0 Å². The van der Waals surface area contributed by atoms with E-state index in [1.807, 2.05) is 0 Å². The van der Waals surface area contributed by atoms with Crippen LogP contribution in [0.5, 0.6) is 0 Å². The van der Waals surface area contributed by atoms with Crippen molar-refractivity contribution in [3.63, 3.8) is 0 Å². The first kappa shape index (κ1) is 9.42. The van der Waals surface area contributed by atoms with Crippen molar-refractivity contribution in [3.8, 4) is 0 Å². The quantitative estimate of drug-likeness (QED) is 0.706. The molecule has 0 radical (unpaired) electrons. The Morgan fingerprint density at radius 3 is 2.62 bits per heavy atom. The van der Waals surface area contributed by atoms with E-state index < -0.39 is 29.2 Å². The first-order valence-corrected chi connectivity index (χ1v) is 2.97. The van der Waals surface area contributed by atoms with Crippen molar-refractivity contribution in [2.45, 2.75) is 12.7 Å². The summed E-state index contributed by atoms with van der Waals surface area (Å²) in [6.45, 7) is 0. The molecule has 0 bridgehead atoms. The molecule has 1 rings (SSSR count). The Kier molecular flexibility index (Phi) is 2.17. The molecule has 9 heteroatoms. The van der Waals surface area contributed by atoms with Gasteiger partial charge in [0.25, 0.3) is 0 Å². The molecule has 1 heterocycles. The molecular weight excluding hydrogens is 193 g/mol. The maximum Gasteiger partial charge on any atom is 0.507 e. The molecule has 0 aliphatic heterocycles. The zero-order chi connectivity index (χ0) is 10.1. The number of aromatic nitrogens is 4. The van der Waals surface area contributed by atoms with Crippen LogP contribution in [-0.2, 0) is 17.5 Å². The fraction of sp³-hybridized carbons (Fsp3) is 0.500. The van der Waals surface area contributed by atoms with Gasteiger partial charge in [0.05, 0.1) is 0 Å². The van der Waals surface area contributed by atoms with Gasteiger partial charge in [0.15, 0.2) is 5.82 Å². The molecule has 0 saturated carbocycles. The van der Waals surface area contributed by atoms with Gasteiger partial charge in [-0.2, -0.15) is 0 Å². The average Bonchev–Trinajstić information content (AvgIpc) is 2.31. The summed E-state index contributed by atoms with van der Waals surface area (Å²) in [7, 11) is 0. The Hall–Kier alpha value is -1.67. The number of tetrazole rings is 1. The first-order chi connectivity index (χ1) is 5.91. The lowest BCUT2D eigenvalue weighted by atomic mass is 10.4. The topological polar surface area (TPSA) is 80.9 Å². The third-order valence-electron chi connectivity index (χ3n) is 1.08. The zero-order valence-corrected chi connectivity index (χ0v) is 5.99. The summed E-state index contributed by atoms with van der Waals surface area (Å²) in [6.07, 6.45) is -5.65. The molecule has 1 aromatic rings. The van der Waals surface area contributed by atoms with Gasteiger partial charge in [-0.3, -0.25) is 4.79 Å². The van der Waals surface area contributed by atoms with Crippen LogP contribution in [-0.4, -0.2) is 31.3 Å². The van der Waals surface area contributed by atoms with Crippen LogP contribution in [0.2, 0.25) is 0 Å². The number of carbonyl (C=O) groups is 1. The third-order valence-corrected chi connectivity index (χ3v) is 1.08. The fourth-order valence-electron chi connectivity index (χ4n) is 0.648. The average molecular weight is 196 g/mol. The maximum absolute atomic E-state index is 12.0. The Labute approximate surface area is 69.0 Å². The van der Waals surface area contributed by atoms with Crippen molar-refractivity contribution in [2.75, 3.05) is 0 Å². The molecular formula is C4H3F3N4O2. The van der Waals surface area contributed by atoms with Crippen LogP contribution in [0.1, 0.15) is 5.82 Å². The molecule has 0 aromatic carbocycles. The van der Waals surface area contributed by atoms with Crippen molar-refractivity contribution < 1.29 is 23.1 Å². The van der Waals surface area contributed by atoms with Crippen molar-refractivity contribution >= 4 is 5.97 Å². The minimum atomic E-state index is -4.78.